The SMILES string of the molecule is C=CCc1ccccc1OCc1ccc(C(=O)N2CCN(Cc3ccccc3Cl)CC2)o1. The Balaban J connectivity index is 1.30. The molecule has 0 radical (unpaired) electrons. The summed E-state index contributed by atoms with van der Waals surface area (Å²) in [5.74, 6) is 1.69. The van der Waals surface area contributed by atoms with Crippen LogP contribution in [0.15, 0.2) is 77.7 Å². The maximum Gasteiger partial charge on any atom is 0.289 e. The second kappa shape index (κ2) is 10.5. The number of furan rings is 1. The summed E-state index contributed by atoms with van der Waals surface area (Å²) in [5, 5.41) is 0.781. The average Bonchev–Trinajstić information content (AvgIpc) is 3.29. The topological polar surface area (TPSA) is 45.9 Å². The Labute approximate surface area is 193 Å². The molecule has 1 aromatic heterocycles. The lowest BCUT2D eigenvalue weighted by atomic mass is 10.1. The summed E-state index contributed by atoms with van der Waals surface area (Å²) in [5.41, 5.74) is 2.18. The number of rotatable bonds is 8. The molecule has 1 aliphatic heterocycles. The summed E-state index contributed by atoms with van der Waals surface area (Å²) in [6.45, 7) is 7.76. The number of ether oxygens (including phenoxy) is 1. The third kappa shape index (κ3) is 5.42. The van der Waals surface area contributed by atoms with Crippen molar-refractivity contribution in [3.05, 3.63) is 101 Å². The molecule has 5 nitrogen and oxygen atoms in total. The smallest absolute Gasteiger partial charge is 0.289 e. The summed E-state index contributed by atoms with van der Waals surface area (Å²) in [4.78, 5) is 17.0. The Bertz CT molecular complexity index is 1070. The molecule has 0 N–H and O–H groups in total. The van der Waals surface area contributed by atoms with Crippen LogP contribution in [0.5, 0.6) is 5.75 Å². The molecule has 0 atom stereocenters. The lowest BCUT2D eigenvalue weighted by Crippen LogP contribution is -2.48. The second-order valence-corrected chi connectivity index (χ2v) is 8.22. The normalized spacial score (nSPS) is 14.3. The largest absolute Gasteiger partial charge is 0.485 e. The van der Waals surface area contributed by atoms with Crippen molar-refractivity contribution in [3.63, 3.8) is 0 Å². The van der Waals surface area contributed by atoms with Crippen LogP contribution in [-0.4, -0.2) is 41.9 Å². The van der Waals surface area contributed by atoms with E-state index in [1.54, 1.807) is 12.1 Å². The summed E-state index contributed by atoms with van der Waals surface area (Å²) in [7, 11) is 0. The molecule has 0 unspecified atom stereocenters. The first-order chi connectivity index (χ1) is 15.6. The van der Waals surface area contributed by atoms with E-state index in [2.05, 4.69) is 11.5 Å². The first kappa shape index (κ1) is 22.2. The van der Waals surface area contributed by atoms with Crippen LogP contribution in [0.3, 0.4) is 0 Å². The number of halogens is 1. The first-order valence-corrected chi connectivity index (χ1v) is 11.2. The molecule has 1 saturated heterocycles. The summed E-state index contributed by atoms with van der Waals surface area (Å²) < 4.78 is 11.7. The van der Waals surface area contributed by atoms with Gasteiger partial charge in [0, 0.05) is 37.7 Å². The Morgan fingerprint density at radius 3 is 2.47 bits per heavy atom. The van der Waals surface area contributed by atoms with Gasteiger partial charge in [-0.05, 0) is 41.8 Å². The highest BCUT2D eigenvalue weighted by Crippen LogP contribution is 2.22. The van der Waals surface area contributed by atoms with Gasteiger partial charge in [0.15, 0.2) is 5.76 Å². The standard InChI is InChI=1S/C26H27ClN2O3/c1-2-7-20-8-4-6-11-24(20)31-19-22-12-13-25(32-22)26(30)29-16-14-28(15-17-29)18-21-9-3-5-10-23(21)27/h2-6,8-13H,1,7,14-19H2. The minimum absolute atomic E-state index is 0.0827. The fourth-order valence-corrected chi connectivity index (χ4v) is 4.02. The number of carbonyl (C=O) groups excluding carboxylic acids is 1. The number of amides is 1. The zero-order valence-electron chi connectivity index (χ0n) is 18.0. The van der Waals surface area contributed by atoms with Crippen molar-refractivity contribution in [2.45, 2.75) is 19.6 Å². The number of nitrogens with zero attached hydrogens (tertiary/aromatic N) is 2. The zero-order valence-corrected chi connectivity index (χ0v) is 18.8. The second-order valence-electron chi connectivity index (χ2n) is 7.81. The molecule has 0 saturated carbocycles. The van der Waals surface area contributed by atoms with Crippen molar-refractivity contribution < 1.29 is 13.9 Å². The van der Waals surface area contributed by atoms with Crippen LogP contribution in [0.1, 0.15) is 27.4 Å². The van der Waals surface area contributed by atoms with Crippen molar-refractivity contribution in [2.24, 2.45) is 0 Å². The third-order valence-electron chi connectivity index (χ3n) is 5.59. The van der Waals surface area contributed by atoms with E-state index >= 15 is 0 Å². The fourth-order valence-electron chi connectivity index (χ4n) is 3.82. The predicted octanol–water partition coefficient (Wildman–Crippen LogP) is 5.20. The van der Waals surface area contributed by atoms with E-state index < -0.39 is 0 Å². The molecule has 6 heteroatoms. The lowest BCUT2D eigenvalue weighted by molar-refractivity contribution is 0.0594. The summed E-state index contributed by atoms with van der Waals surface area (Å²) >= 11 is 6.28. The number of benzene rings is 2. The van der Waals surface area contributed by atoms with Gasteiger partial charge in [-0.15, -0.1) is 6.58 Å². The van der Waals surface area contributed by atoms with E-state index in [-0.39, 0.29) is 12.5 Å². The lowest BCUT2D eigenvalue weighted by Gasteiger charge is -2.34. The van der Waals surface area contributed by atoms with Gasteiger partial charge >= 0.3 is 0 Å². The van der Waals surface area contributed by atoms with Gasteiger partial charge in [-0.25, -0.2) is 0 Å². The maximum absolute atomic E-state index is 12.9. The number of para-hydroxylation sites is 1. The molecular weight excluding hydrogens is 424 g/mol. The van der Waals surface area contributed by atoms with E-state index in [1.165, 1.54) is 0 Å². The fraction of sp³-hybridized carbons (Fsp3) is 0.269. The van der Waals surface area contributed by atoms with Gasteiger partial charge in [-0.1, -0.05) is 54.1 Å². The van der Waals surface area contributed by atoms with Gasteiger partial charge < -0.3 is 14.1 Å². The third-order valence-corrected chi connectivity index (χ3v) is 5.96. The van der Waals surface area contributed by atoms with Crippen molar-refractivity contribution in [2.75, 3.05) is 26.2 Å². The molecular formula is C26H27ClN2O3. The molecule has 0 aliphatic carbocycles. The van der Waals surface area contributed by atoms with Gasteiger partial charge in [0.2, 0.25) is 0 Å². The van der Waals surface area contributed by atoms with Crippen molar-refractivity contribution in [1.82, 2.24) is 9.80 Å². The molecule has 1 fully saturated rings. The Kier molecular flexibility index (Phi) is 7.30. The van der Waals surface area contributed by atoms with Gasteiger partial charge in [0.25, 0.3) is 5.91 Å². The highest BCUT2D eigenvalue weighted by Gasteiger charge is 2.24. The van der Waals surface area contributed by atoms with Gasteiger partial charge in [0.05, 0.1) is 0 Å². The molecule has 1 amide bonds. The van der Waals surface area contributed by atoms with Crippen LogP contribution in [0.2, 0.25) is 5.02 Å². The number of piperazine rings is 1. The molecule has 2 heterocycles. The van der Waals surface area contributed by atoms with E-state index in [9.17, 15) is 4.79 Å². The summed E-state index contributed by atoms with van der Waals surface area (Å²) in [6, 6.07) is 19.3. The predicted molar refractivity (Wildman–Crippen MR) is 126 cm³/mol. The van der Waals surface area contributed by atoms with Gasteiger partial charge in [-0.2, -0.15) is 0 Å². The molecule has 4 rings (SSSR count). The van der Waals surface area contributed by atoms with E-state index in [4.69, 9.17) is 20.8 Å². The number of hydrogen-bond donors (Lipinski definition) is 0. The van der Waals surface area contributed by atoms with Gasteiger partial charge in [0.1, 0.15) is 18.1 Å². The van der Waals surface area contributed by atoms with Crippen molar-refractivity contribution in [3.8, 4) is 5.75 Å². The molecule has 2 aromatic carbocycles. The average molecular weight is 451 g/mol. The molecule has 32 heavy (non-hydrogen) atoms. The molecule has 166 valence electrons. The zero-order chi connectivity index (χ0) is 22.3. The highest BCUT2D eigenvalue weighted by atomic mass is 35.5. The first-order valence-electron chi connectivity index (χ1n) is 10.8. The summed E-state index contributed by atoms with van der Waals surface area (Å²) in [6.07, 6.45) is 2.58. The molecule has 0 spiro atoms. The number of allylic oxidation sites excluding steroid dienone is 1. The van der Waals surface area contributed by atoms with E-state index in [0.717, 1.165) is 48.0 Å². The minimum atomic E-state index is -0.0827. The van der Waals surface area contributed by atoms with E-state index in [0.29, 0.717) is 24.6 Å². The Morgan fingerprint density at radius 1 is 1.00 bits per heavy atom. The van der Waals surface area contributed by atoms with Crippen molar-refractivity contribution in [1.29, 1.82) is 0 Å². The quantitative estimate of drug-likeness (QED) is 0.442. The maximum atomic E-state index is 12.9. The van der Waals surface area contributed by atoms with Crippen LogP contribution in [-0.2, 0) is 19.6 Å². The Hall–Kier alpha value is -3.02. The van der Waals surface area contributed by atoms with Gasteiger partial charge in [-0.3, -0.25) is 9.69 Å². The highest BCUT2D eigenvalue weighted by molar-refractivity contribution is 6.31. The number of hydrogen-bond acceptors (Lipinski definition) is 4. The van der Waals surface area contributed by atoms with E-state index in [1.807, 2.05) is 59.5 Å². The molecule has 3 aromatic rings. The van der Waals surface area contributed by atoms with Crippen LogP contribution in [0.4, 0.5) is 0 Å². The monoisotopic (exact) mass is 450 g/mol. The van der Waals surface area contributed by atoms with Crippen LogP contribution >= 0.6 is 11.6 Å². The van der Waals surface area contributed by atoms with Crippen LogP contribution in [0.25, 0.3) is 0 Å². The minimum Gasteiger partial charge on any atom is -0.485 e. The molecule has 0 bridgehead atoms. The number of carbonyl (C=O) groups is 1. The Morgan fingerprint density at radius 2 is 1.72 bits per heavy atom. The molecule has 1 aliphatic rings. The van der Waals surface area contributed by atoms with Crippen LogP contribution < -0.4 is 4.74 Å². The van der Waals surface area contributed by atoms with Crippen molar-refractivity contribution >= 4 is 17.5 Å². The van der Waals surface area contributed by atoms with Crippen LogP contribution in [0, 0.1) is 0 Å².